The van der Waals surface area contributed by atoms with E-state index in [4.69, 9.17) is 4.74 Å². The summed E-state index contributed by atoms with van der Waals surface area (Å²) in [5.41, 5.74) is 2.15. The number of benzene rings is 1. The van der Waals surface area contributed by atoms with E-state index in [-0.39, 0.29) is 18.0 Å². The fourth-order valence-corrected chi connectivity index (χ4v) is 2.75. The van der Waals surface area contributed by atoms with E-state index < -0.39 is 0 Å². The molecule has 2 aliphatic rings. The number of carbonyl (C=O) groups excluding carboxylic acids is 1. The number of nitrogens with one attached hydrogen (secondary N) is 1. The summed E-state index contributed by atoms with van der Waals surface area (Å²) in [6, 6.07) is 7.98. The summed E-state index contributed by atoms with van der Waals surface area (Å²) in [7, 11) is 0. The molecule has 0 spiro atoms. The Hall–Kier alpha value is -1.51. The summed E-state index contributed by atoms with van der Waals surface area (Å²) in [6.07, 6.45) is 4.62. The molecule has 3 rings (SSSR count). The van der Waals surface area contributed by atoms with Crippen molar-refractivity contribution < 1.29 is 9.53 Å². The Bertz CT molecular complexity index is 424. The lowest BCUT2D eigenvalue weighted by Gasteiger charge is -2.15. The van der Waals surface area contributed by atoms with Gasteiger partial charge in [0, 0.05) is 12.2 Å². The third-order valence-corrected chi connectivity index (χ3v) is 3.70. The average molecular weight is 231 g/mol. The first-order valence-electron chi connectivity index (χ1n) is 6.38. The maximum atomic E-state index is 12.1. The van der Waals surface area contributed by atoms with Crippen LogP contribution >= 0.6 is 0 Å². The van der Waals surface area contributed by atoms with E-state index >= 15 is 0 Å². The Balaban J connectivity index is 1.71. The van der Waals surface area contributed by atoms with Crippen molar-refractivity contribution in [1.82, 2.24) is 0 Å². The highest BCUT2D eigenvalue weighted by Crippen LogP contribution is 2.33. The van der Waals surface area contributed by atoms with E-state index in [0.717, 1.165) is 24.1 Å². The molecular formula is C14H17NO2. The second-order valence-corrected chi connectivity index (χ2v) is 4.86. The van der Waals surface area contributed by atoms with Gasteiger partial charge >= 0.3 is 5.97 Å². The van der Waals surface area contributed by atoms with Crippen LogP contribution in [0.5, 0.6) is 0 Å². The fraction of sp³-hybridized carbons (Fsp3) is 0.500. The molecule has 1 saturated carbocycles. The SMILES string of the molecule is O=C(OC1CCCC1)C1CNc2ccccc21. The van der Waals surface area contributed by atoms with Gasteiger partial charge in [0.2, 0.25) is 0 Å². The first-order chi connectivity index (χ1) is 8.34. The highest BCUT2D eigenvalue weighted by molar-refractivity contribution is 5.84. The number of esters is 1. The third-order valence-electron chi connectivity index (χ3n) is 3.70. The first kappa shape index (κ1) is 10.6. The number of para-hydroxylation sites is 1. The highest BCUT2D eigenvalue weighted by Gasteiger charge is 2.31. The van der Waals surface area contributed by atoms with Gasteiger partial charge in [-0.15, -0.1) is 0 Å². The molecule has 17 heavy (non-hydrogen) atoms. The van der Waals surface area contributed by atoms with Crippen molar-refractivity contribution in [2.24, 2.45) is 0 Å². The number of hydrogen-bond donors (Lipinski definition) is 1. The van der Waals surface area contributed by atoms with E-state index in [1.807, 2.05) is 24.3 Å². The minimum atomic E-state index is -0.119. The zero-order valence-corrected chi connectivity index (χ0v) is 9.82. The van der Waals surface area contributed by atoms with Gasteiger partial charge < -0.3 is 10.1 Å². The quantitative estimate of drug-likeness (QED) is 0.795. The van der Waals surface area contributed by atoms with Crippen molar-refractivity contribution in [3.63, 3.8) is 0 Å². The lowest BCUT2D eigenvalue weighted by atomic mass is 10.0. The largest absolute Gasteiger partial charge is 0.462 e. The van der Waals surface area contributed by atoms with Crippen LogP contribution in [0.15, 0.2) is 24.3 Å². The van der Waals surface area contributed by atoms with Crippen LogP contribution in [0.3, 0.4) is 0 Å². The molecule has 1 aliphatic heterocycles. The van der Waals surface area contributed by atoms with Crippen LogP contribution in [-0.2, 0) is 9.53 Å². The van der Waals surface area contributed by atoms with Crippen molar-refractivity contribution in [2.75, 3.05) is 11.9 Å². The van der Waals surface area contributed by atoms with Gasteiger partial charge in [0.25, 0.3) is 0 Å². The van der Waals surface area contributed by atoms with Gasteiger partial charge in [-0.2, -0.15) is 0 Å². The lowest BCUT2D eigenvalue weighted by molar-refractivity contribution is -0.150. The highest BCUT2D eigenvalue weighted by atomic mass is 16.5. The molecule has 3 nitrogen and oxygen atoms in total. The van der Waals surface area contributed by atoms with Crippen LogP contribution in [0.2, 0.25) is 0 Å². The van der Waals surface area contributed by atoms with Crippen molar-refractivity contribution in [1.29, 1.82) is 0 Å². The molecule has 90 valence electrons. The first-order valence-corrected chi connectivity index (χ1v) is 6.38. The number of anilines is 1. The number of rotatable bonds is 2. The predicted octanol–water partition coefficient (Wildman–Crippen LogP) is 2.68. The molecule has 0 radical (unpaired) electrons. The summed E-state index contributed by atoms with van der Waals surface area (Å²) in [4.78, 5) is 12.1. The Morgan fingerprint density at radius 3 is 2.82 bits per heavy atom. The van der Waals surface area contributed by atoms with E-state index in [0.29, 0.717) is 6.54 Å². The molecule has 0 amide bonds. The minimum Gasteiger partial charge on any atom is -0.462 e. The maximum Gasteiger partial charge on any atom is 0.315 e. The van der Waals surface area contributed by atoms with E-state index in [1.54, 1.807) is 0 Å². The van der Waals surface area contributed by atoms with Crippen molar-refractivity contribution >= 4 is 11.7 Å². The molecule has 1 unspecified atom stereocenters. The summed E-state index contributed by atoms with van der Waals surface area (Å²) in [5.74, 6) is -0.179. The Labute approximate surface area is 101 Å². The molecule has 1 heterocycles. The Morgan fingerprint density at radius 1 is 1.24 bits per heavy atom. The number of hydrogen-bond acceptors (Lipinski definition) is 3. The molecule has 0 bridgehead atoms. The van der Waals surface area contributed by atoms with Gasteiger partial charge in [-0.3, -0.25) is 4.79 Å². The Morgan fingerprint density at radius 2 is 2.00 bits per heavy atom. The molecule has 1 atom stereocenters. The second kappa shape index (κ2) is 4.40. The summed E-state index contributed by atoms with van der Waals surface area (Å²) >= 11 is 0. The number of carbonyl (C=O) groups is 1. The average Bonchev–Trinajstić information content (AvgIpc) is 2.96. The second-order valence-electron chi connectivity index (χ2n) is 4.86. The molecule has 1 fully saturated rings. The normalized spacial score (nSPS) is 23.2. The summed E-state index contributed by atoms with van der Waals surface area (Å²) in [6.45, 7) is 0.672. The van der Waals surface area contributed by atoms with Crippen LogP contribution in [0.25, 0.3) is 0 Å². The molecule has 1 aromatic carbocycles. The van der Waals surface area contributed by atoms with Gasteiger partial charge in [-0.1, -0.05) is 18.2 Å². The van der Waals surface area contributed by atoms with Crippen LogP contribution in [0.1, 0.15) is 37.2 Å². The maximum absolute atomic E-state index is 12.1. The lowest BCUT2D eigenvalue weighted by Crippen LogP contribution is -2.22. The molecule has 0 saturated heterocycles. The predicted molar refractivity (Wildman–Crippen MR) is 66.0 cm³/mol. The fourth-order valence-electron chi connectivity index (χ4n) is 2.75. The molecule has 1 aromatic rings. The molecular weight excluding hydrogens is 214 g/mol. The minimum absolute atomic E-state index is 0.0608. The number of fused-ring (bicyclic) bond motifs is 1. The molecule has 3 heteroatoms. The van der Waals surface area contributed by atoms with Gasteiger partial charge in [0.1, 0.15) is 12.0 Å². The van der Waals surface area contributed by atoms with Crippen LogP contribution in [0, 0.1) is 0 Å². The van der Waals surface area contributed by atoms with Crippen molar-refractivity contribution in [3.05, 3.63) is 29.8 Å². The van der Waals surface area contributed by atoms with Gasteiger partial charge in [0.15, 0.2) is 0 Å². The number of ether oxygens (including phenoxy) is 1. The standard InChI is InChI=1S/C14H17NO2/c16-14(17-10-5-1-2-6-10)12-9-15-13-8-4-3-7-11(12)13/h3-4,7-8,10,12,15H,1-2,5-6,9H2. The van der Waals surface area contributed by atoms with E-state index in [9.17, 15) is 4.79 Å². The molecule has 0 aromatic heterocycles. The van der Waals surface area contributed by atoms with Crippen molar-refractivity contribution in [2.45, 2.75) is 37.7 Å². The van der Waals surface area contributed by atoms with E-state index in [2.05, 4.69) is 5.32 Å². The zero-order valence-electron chi connectivity index (χ0n) is 9.82. The van der Waals surface area contributed by atoms with Gasteiger partial charge in [-0.05, 0) is 37.3 Å². The summed E-state index contributed by atoms with van der Waals surface area (Å²) < 4.78 is 5.57. The van der Waals surface area contributed by atoms with Crippen molar-refractivity contribution in [3.8, 4) is 0 Å². The molecule has 1 aliphatic carbocycles. The van der Waals surface area contributed by atoms with Crippen LogP contribution in [-0.4, -0.2) is 18.6 Å². The van der Waals surface area contributed by atoms with Gasteiger partial charge in [-0.25, -0.2) is 0 Å². The van der Waals surface area contributed by atoms with Crippen LogP contribution < -0.4 is 5.32 Å². The summed E-state index contributed by atoms with van der Waals surface area (Å²) in [5, 5.41) is 3.26. The zero-order chi connectivity index (χ0) is 11.7. The van der Waals surface area contributed by atoms with Gasteiger partial charge in [0.05, 0.1) is 0 Å². The topological polar surface area (TPSA) is 38.3 Å². The monoisotopic (exact) mass is 231 g/mol. The smallest absolute Gasteiger partial charge is 0.315 e. The molecule has 1 N–H and O–H groups in total. The Kier molecular flexibility index (Phi) is 2.75. The third kappa shape index (κ3) is 2.02. The van der Waals surface area contributed by atoms with Crippen LogP contribution in [0.4, 0.5) is 5.69 Å². The van der Waals surface area contributed by atoms with E-state index in [1.165, 1.54) is 12.8 Å².